The molecule has 134 valence electrons. The van der Waals surface area contributed by atoms with Gasteiger partial charge in [0.15, 0.2) is 0 Å². The van der Waals surface area contributed by atoms with Crippen molar-refractivity contribution in [2.75, 3.05) is 23.8 Å². The van der Waals surface area contributed by atoms with E-state index in [-0.39, 0.29) is 11.8 Å². The summed E-state index contributed by atoms with van der Waals surface area (Å²) in [5.74, 6) is 0.623. The normalized spacial score (nSPS) is 12.1. The topological polar surface area (TPSA) is 65.5 Å². The summed E-state index contributed by atoms with van der Waals surface area (Å²) < 4.78 is 0. The molecule has 1 unspecified atom stereocenters. The molecule has 0 radical (unpaired) electrons. The van der Waals surface area contributed by atoms with E-state index >= 15 is 0 Å². The van der Waals surface area contributed by atoms with E-state index in [1.807, 2.05) is 51.1 Å². The molecule has 0 fully saturated rings. The van der Waals surface area contributed by atoms with Crippen LogP contribution in [0.2, 0.25) is 0 Å². The van der Waals surface area contributed by atoms with Crippen molar-refractivity contribution in [1.82, 2.24) is 4.98 Å². The molecular weight excluding hydrogens is 314 g/mol. The van der Waals surface area contributed by atoms with Crippen LogP contribution in [0.4, 0.5) is 11.5 Å². The third-order valence-corrected chi connectivity index (χ3v) is 4.08. The lowest BCUT2D eigenvalue weighted by atomic mass is 9.99. The van der Waals surface area contributed by atoms with Crippen LogP contribution in [-0.4, -0.2) is 35.7 Å². The first-order chi connectivity index (χ1) is 11.8. The number of aryl methyl sites for hydroxylation is 1. The Balaban J connectivity index is 2.52. The zero-order valence-corrected chi connectivity index (χ0v) is 15.6. The Morgan fingerprint density at radius 3 is 2.52 bits per heavy atom. The molecule has 0 bridgehead atoms. The first kappa shape index (κ1) is 18.9. The number of carbonyl (C=O) groups is 1. The number of hydrogen-bond donors (Lipinski definition) is 2. The molecule has 1 aromatic carbocycles. The highest BCUT2D eigenvalue weighted by Crippen LogP contribution is 2.34. The van der Waals surface area contributed by atoms with Crippen LogP contribution in [0.15, 0.2) is 36.5 Å². The first-order valence-electron chi connectivity index (χ1n) is 8.56. The first-order valence-corrected chi connectivity index (χ1v) is 8.56. The van der Waals surface area contributed by atoms with Crippen molar-refractivity contribution in [1.29, 1.82) is 0 Å². The lowest BCUT2D eigenvalue weighted by Crippen LogP contribution is -2.30. The van der Waals surface area contributed by atoms with Crippen LogP contribution in [0.5, 0.6) is 0 Å². The zero-order valence-electron chi connectivity index (χ0n) is 15.6. The van der Waals surface area contributed by atoms with Gasteiger partial charge in [-0.2, -0.15) is 0 Å². The zero-order chi connectivity index (χ0) is 18.6. The Morgan fingerprint density at radius 2 is 1.92 bits per heavy atom. The highest BCUT2D eigenvalue weighted by molar-refractivity contribution is 5.98. The molecule has 0 aliphatic carbocycles. The van der Waals surface area contributed by atoms with Gasteiger partial charge in [0.05, 0.1) is 18.0 Å². The minimum Gasteiger partial charge on any atom is -0.392 e. The smallest absolute Gasteiger partial charge is 0.229 e. The number of nitrogens with zero attached hydrogens (tertiary/aromatic N) is 2. The van der Waals surface area contributed by atoms with Gasteiger partial charge < -0.3 is 15.3 Å². The Bertz CT molecular complexity index is 741. The van der Waals surface area contributed by atoms with E-state index in [9.17, 15) is 9.90 Å². The summed E-state index contributed by atoms with van der Waals surface area (Å²) >= 11 is 0. The fourth-order valence-electron chi connectivity index (χ4n) is 2.66. The summed E-state index contributed by atoms with van der Waals surface area (Å²) in [4.78, 5) is 18.5. The van der Waals surface area contributed by atoms with Gasteiger partial charge in [0, 0.05) is 25.1 Å². The number of aromatic nitrogens is 1. The molecule has 0 saturated heterocycles. The Kier molecular flexibility index (Phi) is 6.15. The van der Waals surface area contributed by atoms with Gasteiger partial charge in [-0.15, -0.1) is 0 Å². The van der Waals surface area contributed by atoms with Crippen LogP contribution in [-0.2, 0) is 4.79 Å². The van der Waals surface area contributed by atoms with Gasteiger partial charge in [0.2, 0.25) is 5.91 Å². The largest absolute Gasteiger partial charge is 0.392 e. The van der Waals surface area contributed by atoms with E-state index in [0.29, 0.717) is 12.4 Å². The number of aliphatic hydroxyl groups excluding tert-OH is 1. The van der Waals surface area contributed by atoms with Gasteiger partial charge in [0.25, 0.3) is 0 Å². The second kappa shape index (κ2) is 8.12. The van der Waals surface area contributed by atoms with E-state index in [0.717, 1.165) is 22.4 Å². The highest BCUT2D eigenvalue weighted by atomic mass is 16.3. The standard InChI is InChI=1S/C20H27N3O2/c1-13(2)20(25)23(5)18-12-22-19(21-11-15(4)24)10-17(18)16-9-7-6-8-14(16)3/h6-10,12-13,15,24H,11H2,1-5H3,(H,21,22). The van der Waals surface area contributed by atoms with Crippen molar-refractivity contribution in [3.63, 3.8) is 0 Å². The minimum absolute atomic E-state index is 0.0429. The van der Waals surface area contributed by atoms with Gasteiger partial charge in [-0.05, 0) is 31.0 Å². The maximum atomic E-state index is 12.5. The third kappa shape index (κ3) is 4.57. The molecule has 5 heteroatoms. The van der Waals surface area contributed by atoms with E-state index in [1.165, 1.54) is 0 Å². The molecule has 1 heterocycles. The quantitative estimate of drug-likeness (QED) is 0.844. The van der Waals surface area contributed by atoms with Crippen LogP contribution >= 0.6 is 0 Å². The Hall–Kier alpha value is -2.40. The Morgan fingerprint density at radius 1 is 1.24 bits per heavy atom. The number of aliphatic hydroxyl groups is 1. The molecule has 1 amide bonds. The molecule has 0 spiro atoms. The molecule has 1 aromatic heterocycles. The molecule has 25 heavy (non-hydrogen) atoms. The molecular formula is C20H27N3O2. The Labute approximate surface area is 149 Å². The lowest BCUT2D eigenvalue weighted by Gasteiger charge is -2.23. The van der Waals surface area contributed by atoms with E-state index in [4.69, 9.17) is 0 Å². The van der Waals surface area contributed by atoms with E-state index in [2.05, 4.69) is 10.3 Å². The maximum Gasteiger partial charge on any atom is 0.229 e. The SMILES string of the molecule is Cc1ccccc1-c1cc(NCC(C)O)ncc1N(C)C(=O)C(C)C. The van der Waals surface area contributed by atoms with Crippen LogP contribution in [0.1, 0.15) is 26.3 Å². The summed E-state index contributed by atoms with van der Waals surface area (Å²) in [6.07, 6.45) is 1.25. The van der Waals surface area contributed by atoms with Crippen LogP contribution in [0, 0.1) is 12.8 Å². The molecule has 0 aliphatic rings. The van der Waals surface area contributed by atoms with Gasteiger partial charge in [-0.25, -0.2) is 4.98 Å². The van der Waals surface area contributed by atoms with Crippen molar-refractivity contribution in [2.24, 2.45) is 5.92 Å². The predicted octanol–water partition coefficient (Wildman–Crippen LogP) is 3.47. The molecule has 1 atom stereocenters. The fourth-order valence-corrected chi connectivity index (χ4v) is 2.66. The highest BCUT2D eigenvalue weighted by Gasteiger charge is 2.20. The minimum atomic E-state index is -0.464. The number of hydrogen-bond acceptors (Lipinski definition) is 4. The van der Waals surface area contributed by atoms with Gasteiger partial charge in [0.1, 0.15) is 5.82 Å². The summed E-state index contributed by atoms with van der Waals surface area (Å²) in [5, 5.41) is 12.6. The molecule has 2 aromatic rings. The summed E-state index contributed by atoms with van der Waals surface area (Å²) in [7, 11) is 1.78. The molecule has 5 nitrogen and oxygen atoms in total. The number of carbonyl (C=O) groups excluding carboxylic acids is 1. The number of nitrogens with one attached hydrogen (secondary N) is 1. The molecule has 0 aliphatic heterocycles. The van der Waals surface area contributed by atoms with Crippen LogP contribution in [0.3, 0.4) is 0 Å². The van der Waals surface area contributed by atoms with Crippen LogP contribution in [0.25, 0.3) is 11.1 Å². The number of pyridine rings is 1. The molecule has 0 saturated carbocycles. The average molecular weight is 341 g/mol. The number of rotatable bonds is 6. The number of benzene rings is 1. The average Bonchev–Trinajstić information content (AvgIpc) is 2.58. The van der Waals surface area contributed by atoms with Gasteiger partial charge in [-0.3, -0.25) is 4.79 Å². The van der Waals surface area contributed by atoms with Gasteiger partial charge >= 0.3 is 0 Å². The molecule has 2 rings (SSSR count). The summed E-state index contributed by atoms with van der Waals surface area (Å²) in [6, 6.07) is 10.0. The monoisotopic (exact) mass is 341 g/mol. The predicted molar refractivity (Wildman–Crippen MR) is 103 cm³/mol. The summed E-state index contributed by atoms with van der Waals surface area (Å²) in [6.45, 7) is 7.96. The van der Waals surface area contributed by atoms with E-state index < -0.39 is 6.10 Å². The number of anilines is 2. The van der Waals surface area contributed by atoms with Crippen molar-refractivity contribution in [3.05, 3.63) is 42.1 Å². The third-order valence-electron chi connectivity index (χ3n) is 4.08. The lowest BCUT2D eigenvalue weighted by molar-refractivity contribution is -0.121. The van der Waals surface area contributed by atoms with E-state index in [1.54, 1.807) is 25.1 Å². The van der Waals surface area contributed by atoms with Crippen molar-refractivity contribution < 1.29 is 9.90 Å². The fraction of sp³-hybridized carbons (Fsp3) is 0.400. The maximum absolute atomic E-state index is 12.5. The van der Waals surface area contributed by atoms with Crippen molar-refractivity contribution >= 4 is 17.4 Å². The second-order valence-corrected chi connectivity index (χ2v) is 6.68. The number of amides is 1. The summed E-state index contributed by atoms with van der Waals surface area (Å²) in [5.41, 5.74) is 3.90. The molecule has 2 N–H and O–H groups in total. The van der Waals surface area contributed by atoms with Crippen LogP contribution < -0.4 is 10.2 Å². The van der Waals surface area contributed by atoms with Gasteiger partial charge in [-0.1, -0.05) is 38.1 Å². The second-order valence-electron chi connectivity index (χ2n) is 6.68. The van der Waals surface area contributed by atoms with Crippen molar-refractivity contribution in [3.8, 4) is 11.1 Å². The van der Waals surface area contributed by atoms with Crippen molar-refractivity contribution in [2.45, 2.75) is 33.8 Å².